The number of anilines is 1. The largest absolute Gasteiger partial charge is 0.309 e. The number of rotatable bonds is 6. The van der Waals surface area contributed by atoms with Crippen LogP contribution < -0.4 is 5.32 Å². The van der Waals surface area contributed by atoms with Crippen molar-refractivity contribution < 1.29 is 31.1 Å². The minimum atomic E-state index is -2.29. The Hall–Kier alpha value is -3.43. The second-order valence-corrected chi connectivity index (χ2v) is 8.19. The molecule has 1 aromatic heterocycles. The van der Waals surface area contributed by atoms with E-state index in [1.54, 1.807) is 0 Å². The molecule has 0 atom stereocenters. The van der Waals surface area contributed by atoms with E-state index in [9.17, 15) is 31.1 Å². The van der Waals surface area contributed by atoms with E-state index in [1.807, 2.05) is 0 Å². The van der Waals surface area contributed by atoms with E-state index in [4.69, 9.17) is 0 Å². The number of carbonyl (C=O) groups excluding carboxylic acids is 1. The molecule has 0 unspecified atom stereocenters. The Labute approximate surface area is 191 Å². The van der Waals surface area contributed by atoms with Gasteiger partial charge in [0.25, 0.3) is 0 Å². The van der Waals surface area contributed by atoms with E-state index in [2.05, 4.69) is 15.3 Å². The molecule has 0 radical (unpaired) electrons. The number of nitrogens with zero attached hydrogens (tertiary/aromatic N) is 2. The predicted molar refractivity (Wildman–Crippen MR) is 112 cm³/mol. The molecule has 2 aromatic carbocycles. The van der Waals surface area contributed by atoms with Crippen molar-refractivity contribution in [2.24, 2.45) is 5.92 Å². The minimum Gasteiger partial charge on any atom is -0.309 e. The molecule has 1 fully saturated rings. The van der Waals surface area contributed by atoms with Crippen LogP contribution in [0.4, 0.5) is 32.2 Å². The molecule has 0 spiro atoms. The molecule has 0 aliphatic heterocycles. The quantitative estimate of drug-likeness (QED) is 0.273. The van der Waals surface area contributed by atoms with E-state index < -0.39 is 52.8 Å². The van der Waals surface area contributed by atoms with Crippen LogP contribution in [0.3, 0.4) is 0 Å². The molecule has 1 aliphatic carbocycles. The molecule has 10 heteroatoms. The summed E-state index contributed by atoms with van der Waals surface area (Å²) in [7, 11) is 0. The third-order valence-corrected chi connectivity index (χ3v) is 5.84. The molecule has 178 valence electrons. The summed E-state index contributed by atoms with van der Waals surface area (Å²) < 4.78 is 81.4. The van der Waals surface area contributed by atoms with Gasteiger partial charge in [0.05, 0.1) is 24.0 Å². The summed E-state index contributed by atoms with van der Waals surface area (Å²) >= 11 is 0. The molecule has 4 rings (SSSR count). The smallest absolute Gasteiger partial charge is 0.230 e. The van der Waals surface area contributed by atoms with Gasteiger partial charge >= 0.3 is 0 Å². The van der Waals surface area contributed by atoms with Crippen LogP contribution in [0.1, 0.15) is 36.9 Å². The number of carbonyl (C=O) groups is 1. The molecular formula is C24H19F6N3O. The summed E-state index contributed by atoms with van der Waals surface area (Å²) in [5, 5.41) is 2.38. The van der Waals surface area contributed by atoms with Crippen molar-refractivity contribution in [1.29, 1.82) is 0 Å². The number of halogens is 6. The third-order valence-electron chi connectivity index (χ3n) is 5.84. The molecule has 0 saturated heterocycles. The molecule has 1 aliphatic rings. The molecule has 4 nitrogen and oxygen atoms in total. The molecule has 34 heavy (non-hydrogen) atoms. The van der Waals surface area contributed by atoms with Gasteiger partial charge < -0.3 is 5.32 Å². The molecule has 3 aromatic rings. The average molecular weight is 479 g/mol. The Kier molecular flexibility index (Phi) is 6.85. The number of hydrogen-bond acceptors (Lipinski definition) is 3. The van der Waals surface area contributed by atoms with Crippen molar-refractivity contribution in [1.82, 2.24) is 9.97 Å². The zero-order valence-electron chi connectivity index (χ0n) is 17.8. The van der Waals surface area contributed by atoms with Crippen LogP contribution >= 0.6 is 0 Å². The Morgan fingerprint density at radius 1 is 0.882 bits per heavy atom. The monoisotopic (exact) mass is 479 g/mol. The lowest BCUT2D eigenvalue weighted by molar-refractivity contribution is -0.115. The first-order valence-corrected chi connectivity index (χ1v) is 10.7. The maximum absolute atomic E-state index is 14.0. The zero-order valence-corrected chi connectivity index (χ0v) is 17.8. The maximum Gasteiger partial charge on any atom is 0.230 e. The highest BCUT2D eigenvalue weighted by atomic mass is 19.2. The lowest BCUT2D eigenvalue weighted by Crippen LogP contribution is -2.20. The van der Waals surface area contributed by atoms with Crippen molar-refractivity contribution >= 4 is 11.7 Å². The van der Waals surface area contributed by atoms with E-state index >= 15 is 0 Å². The second-order valence-electron chi connectivity index (χ2n) is 8.19. The molecule has 1 heterocycles. The summed E-state index contributed by atoms with van der Waals surface area (Å²) in [4.78, 5) is 21.2. The standard InChI is InChI=1S/C24H19F6N3O/c25-14-7-5-13(6-8-14)17-11-31-24(16(32-17)9-12-3-1-2-4-12)33-18(34)10-15-19(26)21(28)23(30)22(29)20(15)27/h5-8,11-12H,1-4,9-10H2,(H,31,33,34). The van der Waals surface area contributed by atoms with Crippen LogP contribution in [0.5, 0.6) is 0 Å². The lowest BCUT2D eigenvalue weighted by atomic mass is 10.0. The van der Waals surface area contributed by atoms with Crippen LogP contribution in [-0.2, 0) is 17.6 Å². The van der Waals surface area contributed by atoms with Crippen LogP contribution in [0, 0.1) is 40.8 Å². The van der Waals surface area contributed by atoms with E-state index in [-0.39, 0.29) is 5.82 Å². The molecule has 1 N–H and O–H groups in total. The van der Waals surface area contributed by atoms with Crippen LogP contribution in [-0.4, -0.2) is 15.9 Å². The predicted octanol–water partition coefficient (Wildman–Crippen LogP) is 5.89. The highest BCUT2D eigenvalue weighted by Gasteiger charge is 2.27. The highest BCUT2D eigenvalue weighted by Crippen LogP contribution is 2.30. The number of nitrogens with one attached hydrogen (secondary N) is 1. The number of benzene rings is 2. The molecule has 1 amide bonds. The summed E-state index contributed by atoms with van der Waals surface area (Å²) in [6, 6.07) is 5.60. The summed E-state index contributed by atoms with van der Waals surface area (Å²) in [6.07, 6.45) is 4.76. The summed E-state index contributed by atoms with van der Waals surface area (Å²) in [6.45, 7) is 0. The molecule has 0 bridgehead atoms. The average Bonchev–Trinajstić information content (AvgIpc) is 3.34. The second kappa shape index (κ2) is 9.82. The third kappa shape index (κ3) is 4.90. The fraction of sp³-hybridized carbons (Fsp3) is 0.292. The number of aromatic nitrogens is 2. The van der Waals surface area contributed by atoms with Gasteiger partial charge in [-0.3, -0.25) is 4.79 Å². The van der Waals surface area contributed by atoms with Crippen molar-refractivity contribution in [3.05, 3.63) is 76.6 Å². The van der Waals surface area contributed by atoms with E-state index in [0.29, 0.717) is 29.3 Å². The Balaban J connectivity index is 1.61. The fourth-order valence-corrected chi connectivity index (χ4v) is 4.06. The molecular weight excluding hydrogens is 460 g/mol. The summed E-state index contributed by atoms with van der Waals surface area (Å²) in [5.41, 5.74) is 0.216. The topological polar surface area (TPSA) is 54.9 Å². The van der Waals surface area contributed by atoms with Crippen molar-refractivity contribution in [3.63, 3.8) is 0 Å². The normalized spacial score (nSPS) is 13.9. The van der Waals surface area contributed by atoms with E-state index in [1.165, 1.54) is 30.5 Å². The SMILES string of the molecule is O=C(Cc1c(F)c(F)c(F)c(F)c1F)Nc1ncc(-c2ccc(F)cc2)nc1CC1CCCC1. The van der Waals surface area contributed by atoms with Crippen molar-refractivity contribution in [2.75, 3.05) is 5.32 Å². The van der Waals surface area contributed by atoms with Crippen molar-refractivity contribution in [2.45, 2.75) is 38.5 Å². The van der Waals surface area contributed by atoms with Gasteiger partial charge in [0, 0.05) is 11.1 Å². The van der Waals surface area contributed by atoms with Crippen molar-refractivity contribution in [3.8, 4) is 11.3 Å². The number of amides is 1. The zero-order chi connectivity index (χ0) is 24.4. The van der Waals surface area contributed by atoms with Gasteiger partial charge in [-0.2, -0.15) is 0 Å². The first kappa shape index (κ1) is 23.7. The Morgan fingerprint density at radius 2 is 1.47 bits per heavy atom. The van der Waals surface area contributed by atoms with Gasteiger partial charge in [0.15, 0.2) is 29.1 Å². The lowest BCUT2D eigenvalue weighted by Gasteiger charge is -2.15. The maximum atomic E-state index is 14.0. The van der Waals surface area contributed by atoms with Crippen LogP contribution in [0.2, 0.25) is 0 Å². The van der Waals surface area contributed by atoms with Crippen LogP contribution in [0.15, 0.2) is 30.5 Å². The van der Waals surface area contributed by atoms with Gasteiger partial charge in [-0.15, -0.1) is 0 Å². The first-order valence-electron chi connectivity index (χ1n) is 10.7. The van der Waals surface area contributed by atoms with Gasteiger partial charge in [-0.1, -0.05) is 25.7 Å². The first-order chi connectivity index (χ1) is 16.2. The van der Waals surface area contributed by atoms with E-state index in [0.717, 1.165) is 25.7 Å². The van der Waals surface area contributed by atoms with Gasteiger partial charge in [-0.05, 0) is 36.6 Å². The number of hydrogen-bond donors (Lipinski definition) is 1. The Bertz CT molecular complexity index is 1200. The highest BCUT2D eigenvalue weighted by molar-refractivity contribution is 5.92. The minimum absolute atomic E-state index is 0.0339. The summed E-state index contributed by atoms with van der Waals surface area (Å²) in [5.74, 6) is -11.7. The van der Waals surface area contributed by atoms with Gasteiger partial charge in [-0.25, -0.2) is 36.3 Å². The molecule has 1 saturated carbocycles. The van der Waals surface area contributed by atoms with Gasteiger partial charge in [0.1, 0.15) is 5.82 Å². The van der Waals surface area contributed by atoms with Gasteiger partial charge in [0.2, 0.25) is 11.7 Å². The fourth-order valence-electron chi connectivity index (χ4n) is 4.06. The Morgan fingerprint density at radius 3 is 2.09 bits per heavy atom. The van der Waals surface area contributed by atoms with Crippen LogP contribution in [0.25, 0.3) is 11.3 Å².